The lowest BCUT2D eigenvalue weighted by Crippen LogP contribution is -2.30. The van der Waals surface area contributed by atoms with Crippen molar-refractivity contribution in [3.63, 3.8) is 0 Å². The summed E-state index contributed by atoms with van der Waals surface area (Å²) in [5.74, 6) is -1.45. The molecule has 1 atom stereocenters. The van der Waals surface area contributed by atoms with E-state index in [0.29, 0.717) is 35.4 Å². The minimum Gasteiger partial charge on any atom is -0.397 e. The number of halogens is 9. The number of nitrogens with two attached hydrogens (primary N) is 1. The number of aromatic nitrogens is 2. The SMILES string of the molecule is CCS(=O)c1cc(C(F)(F)F)c(-c2ccc(C(F)(F)F)cc2)nc1C(=O)N(C)c1cnc(C(F)(F)F)cc1N. The first-order chi connectivity index (χ1) is 17.9. The summed E-state index contributed by atoms with van der Waals surface area (Å²) in [6, 6.07) is 3.36. The van der Waals surface area contributed by atoms with Gasteiger partial charge in [-0.3, -0.25) is 9.00 Å². The van der Waals surface area contributed by atoms with Crippen LogP contribution in [-0.4, -0.2) is 32.9 Å². The van der Waals surface area contributed by atoms with Crippen LogP contribution in [0.25, 0.3) is 11.3 Å². The Labute approximate surface area is 217 Å². The van der Waals surface area contributed by atoms with Crippen molar-refractivity contribution in [1.29, 1.82) is 0 Å². The van der Waals surface area contributed by atoms with Crippen LogP contribution in [0.1, 0.15) is 34.2 Å². The Kier molecular flexibility index (Phi) is 8.01. The average Bonchev–Trinajstić information content (AvgIpc) is 2.85. The van der Waals surface area contributed by atoms with Crippen molar-refractivity contribution in [3.05, 3.63) is 65.1 Å². The van der Waals surface area contributed by atoms with Crippen LogP contribution in [0, 0.1) is 0 Å². The molecule has 3 rings (SSSR count). The van der Waals surface area contributed by atoms with Gasteiger partial charge in [0.1, 0.15) is 11.4 Å². The van der Waals surface area contributed by atoms with E-state index in [1.807, 2.05) is 0 Å². The molecule has 16 heteroatoms. The molecule has 0 aliphatic heterocycles. The van der Waals surface area contributed by atoms with Gasteiger partial charge in [-0.1, -0.05) is 19.1 Å². The monoisotopic (exact) mass is 584 g/mol. The highest BCUT2D eigenvalue weighted by atomic mass is 32.2. The summed E-state index contributed by atoms with van der Waals surface area (Å²) >= 11 is 0. The molecule has 0 radical (unpaired) electrons. The van der Waals surface area contributed by atoms with Gasteiger partial charge in [0, 0.05) is 18.4 Å². The second-order valence-corrected chi connectivity index (χ2v) is 9.64. The summed E-state index contributed by atoms with van der Waals surface area (Å²) in [4.78, 5) is 20.3. The minimum absolute atomic E-state index is 0.243. The lowest BCUT2D eigenvalue weighted by Gasteiger charge is -2.22. The summed E-state index contributed by atoms with van der Waals surface area (Å²) in [6.07, 6.45) is -14.1. The van der Waals surface area contributed by atoms with Crippen molar-refractivity contribution in [2.75, 3.05) is 23.4 Å². The lowest BCUT2D eigenvalue weighted by atomic mass is 10.0. The zero-order valence-electron chi connectivity index (χ0n) is 19.8. The molecule has 210 valence electrons. The Bertz CT molecular complexity index is 1420. The normalized spacial score (nSPS) is 13.3. The second-order valence-electron chi connectivity index (χ2n) is 7.93. The quantitative estimate of drug-likeness (QED) is 0.362. The second kappa shape index (κ2) is 10.5. The van der Waals surface area contributed by atoms with Gasteiger partial charge in [-0.25, -0.2) is 9.97 Å². The molecule has 2 heterocycles. The van der Waals surface area contributed by atoms with E-state index in [9.17, 15) is 48.5 Å². The van der Waals surface area contributed by atoms with Gasteiger partial charge in [-0.2, -0.15) is 39.5 Å². The van der Waals surface area contributed by atoms with Crippen LogP contribution in [-0.2, 0) is 29.3 Å². The molecule has 1 amide bonds. The molecule has 1 aromatic carbocycles. The van der Waals surface area contributed by atoms with Gasteiger partial charge in [-0.05, 0) is 24.3 Å². The van der Waals surface area contributed by atoms with Crippen molar-refractivity contribution < 1.29 is 48.5 Å². The molecule has 0 fully saturated rings. The topological polar surface area (TPSA) is 89.2 Å². The van der Waals surface area contributed by atoms with Crippen LogP contribution in [0.3, 0.4) is 0 Å². The first kappa shape index (κ1) is 29.9. The maximum absolute atomic E-state index is 14.0. The molecule has 0 saturated heterocycles. The Morgan fingerprint density at radius 1 is 0.949 bits per heavy atom. The lowest BCUT2D eigenvalue weighted by molar-refractivity contribution is -0.141. The maximum Gasteiger partial charge on any atom is 0.433 e. The number of rotatable bonds is 5. The van der Waals surface area contributed by atoms with E-state index in [-0.39, 0.29) is 11.4 Å². The van der Waals surface area contributed by atoms with E-state index >= 15 is 0 Å². The average molecular weight is 584 g/mol. The third-order valence-corrected chi connectivity index (χ3v) is 6.69. The van der Waals surface area contributed by atoms with Crippen molar-refractivity contribution in [3.8, 4) is 11.3 Å². The highest BCUT2D eigenvalue weighted by molar-refractivity contribution is 7.85. The standard InChI is InChI=1S/C23H17F9N4O2S/c1-3-39(38)16-8-13(22(27,28)29)18(11-4-6-12(7-5-11)21(24,25)26)35-19(16)20(37)36(2)15-10-34-17(9-14(15)33)23(30,31)32/h4-10H,3H2,1-2H3,(H2,33,34). The highest BCUT2D eigenvalue weighted by Crippen LogP contribution is 2.40. The Balaban J connectivity index is 2.22. The zero-order chi connectivity index (χ0) is 29.5. The number of hydrogen-bond acceptors (Lipinski definition) is 5. The van der Waals surface area contributed by atoms with Crippen molar-refractivity contribution in [2.45, 2.75) is 30.3 Å². The van der Waals surface area contributed by atoms with Crippen LogP contribution in [0.15, 0.2) is 47.5 Å². The van der Waals surface area contributed by atoms with Gasteiger partial charge in [0.05, 0.1) is 50.1 Å². The summed E-state index contributed by atoms with van der Waals surface area (Å²) in [5.41, 5.74) is -1.38. The summed E-state index contributed by atoms with van der Waals surface area (Å²) in [6.45, 7) is 1.35. The Hall–Kier alpha value is -3.69. The fourth-order valence-corrected chi connectivity index (χ4v) is 4.31. The number of hydrogen-bond donors (Lipinski definition) is 1. The molecular weight excluding hydrogens is 567 g/mol. The van der Waals surface area contributed by atoms with Gasteiger partial charge in [0.2, 0.25) is 0 Å². The first-order valence-electron chi connectivity index (χ1n) is 10.6. The number of nitrogen functional groups attached to an aromatic ring is 1. The number of nitrogens with zero attached hydrogens (tertiary/aromatic N) is 3. The van der Waals surface area contributed by atoms with Crippen LogP contribution in [0.4, 0.5) is 50.9 Å². The van der Waals surface area contributed by atoms with Crippen LogP contribution in [0.2, 0.25) is 0 Å². The zero-order valence-corrected chi connectivity index (χ0v) is 20.6. The van der Waals surface area contributed by atoms with E-state index in [0.717, 1.165) is 19.2 Å². The summed E-state index contributed by atoms with van der Waals surface area (Å²) < 4.78 is 132. The number of carbonyl (C=O) groups excluding carboxylic acids is 1. The van der Waals surface area contributed by atoms with Gasteiger partial charge in [-0.15, -0.1) is 0 Å². The van der Waals surface area contributed by atoms with E-state index in [1.54, 1.807) is 0 Å². The molecule has 0 spiro atoms. The van der Waals surface area contributed by atoms with Crippen LogP contribution in [0.5, 0.6) is 0 Å². The number of benzene rings is 1. The Morgan fingerprint density at radius 3 is 2.00 bits per heavy atom. The molecule has 2 N–H and O–H groups in total. The maximum atomic E-state index is 14.0. The first-order valence-corrected chi connectivity index (χ1v) is 12.0. The summed E-state index contributed by atoms with van der Waals surface area (Å²) in [5, 5.41) is 0. The Morgan fingerprint density at radius 2 is 1.54 bits per heavy atom. The minimum atomic E-state index is -5.12. The predicted octanol–water partition coefficient (Wildman–Crippen LogP) is 6.19. The smallest absolute Gasteiger partial charge is 0.397 e. The van der Waals surface area contributed by atoms with E-state index in [1.165, 1.54) is 6.92 Å². The van der Waals surface area contributed by atoms with Gasteiger partial charge < -0.3 is 10.6 Å². The van der Waals surface area contributed by atoms with Crippen LogP contribution < -0.4 is 10.6 Å². The van der Waals surface area contributed by atoms with Gasteiger partial charge in [0.25, 0.3) is 5.91 Å². The predicted molar refractivity (Wildman–Crippen MR) is 123 cm³/mol. The molecular formula is C23H17F9N4O2S. The third kappa shape index (κ3) is 6.32. The van der Waals surface area contributed by atoms with Crippen LogP contribution >= 0.6 is 0 Å². The highest BCUT2D eigenvalue weighted by Gasteiger charge is 2.38. The van der Waals surface area contributed by atoms with Crippen molar-refractivity contribution >= 4 is 28.1 Å². The molecule has 0 aliphatic rings. The third-order valence-electron chi connectivity index (χ3n) is 5.36. The van der Waals surface area contributed by atoms with Gasteiger partial charge >= 0.3 is 18.5 Å². The molecule has 0 aliphatic carbocycles. The molecule has 2 aromatic heterocycles. The molecule has 6 nitrogen and oxygen atoms in total. The molecule has 0 saturated carbocycles. The summed E-state index contributed by atoms with van der Waals surface area (Å²) in [7, 11) is -1.17. The number of anilines is 2. The molecule has 3 aromatic rings. The largest absolute Gasteiger partial charge is 0.433 e. The number of pyridine rings is 2. The number of amides is 1. The van der Waals surface area contributed by atoms with Crippen molar-refractivity contribution in [1.82, 2.24) is 9.97 Å². The van der Waals surface area contributed by atoms with E-state index in [4.69, 9.17) is 5.73 Å². The fourth-order valence-electron chi connectivity index (χ4n) is 3.40. The van der Waals surface area contributed by atoms with E-state index < -0.39 is 79.6 Å². The fraction of sp³-hybridized carbons (Fsp3) is 0.261. The molecule has 0 bridgehead atoms. The van der Waals surface area contributed by atoms with E-state index in [2.05, 4.69) is 9.97 Å². The van der Waals surface area contributed by atoms with Gasteiger partial charge in [0.15, 0.2) is 0 Å². The molecule has 39 heavy (non-hydrogen) atoms. The van der Waals surface area contributed by atoms with Crippen molar-refractivity contribution in [2.24, 2.45) is 0 Å². The number of alkyl halides is 9. The number of carbonyl (C=O) groups is 1. The molecule has 1 unspecified atom stereocenters.